The first-order chi connectivity index (χ1) is 15.9. The van der Waals surface area contributed by atoms with Gasteiger partial charge in [0.05, 0.1) is 0 Å². The number of benzene rings is 1. The number of aryl methyl sites for hydroxylation is 1. The molecule has 2 amide bonds. The van der Waals surface area contributed by atoms with Crippen LogP contribution >= 0.6 is 0 Å². The smallest absolute Gasteiger partial charge is 0.227 e. The van der Waals surface area contributed by atoms with E-state index < -0.39 is 0 Å². The number of nitrogens with one attached hydrogen (secondary N) is 3. The zero-order valence-corrected chi connectivity index (χ0v) is 19.7. The van der Waals surface area contributed by atoms with E-state index in [1.165, 1.54) is 0 Å². The minimum Gasteiger partial charge on any atom is -0.362 e. The van der Waals surface area contributed by atoms with E-state index >= 15 is 0 Å². The summed E-state index contributed by atoms with van der Waals surface area (Å²) in [5, 5.41) is 9.47. The molecule has 0 atom stereocenters. The summed E-state index contributed by atoms with van der Waals surface area (Å²) in [5.41, 5.74) is 2.82. The van der Waals surface area contributed by atoms with E-state index in [9.17, 15) is 9.59 Å². The van der Waals surface area contributed by atoms with Crippen molar-refractivity contribution in [1.29, 1.82) is 0 Å². The first kappa shape index (κ1) is 23.0. The van der Waals surface area contributed by atoms with E-state index in [-0.39, 0.29) is 29.7 Å². The van der Waals surface area contributed by atoms with Crippen molar-refractivity contribution in [1.82, 2.24) is 15.3 Å². The number of nitrogens with zero attached hydrogens (tertiary/aromatic N) is 3. The molecule has 3 N–H and O–H groups in total. The molecular weight excluding hydrogens is 416 g/mol. The van der Waals surface area contributed by atoms with Gasteiger partial charge >= 0.3 is 0 Å². The van der Waals surface area contributed by atoms with Crippen LogP contribution in [-0.4, -0.2) is 41.9 Å². The lowest BCUT2D eigenvalue weighted by molar-refractivity contribution is -0.126. The summed E-state index contributed by atoms with van der Waals surface area (Å²) in [6.07, 6.45) is 7.31. The Labute approximate surface area is 195 Å². The van der Waals surface area contributed by atoms with Gasteiger partial charge in [-0.3, -0.25) is 9.59 Å². The van der Waals surface area contributed by atoms with Crippen molar-refractivity contribution < 1.29 is 9.59 Å². The Balaban J connectivity index is 1.23. The molecule has 8 heteroatoms. The number of aromatic nitrogens is 2. The molecule has 33 heavy (non-hydrogen) atoms. The molecule has 2 aliphatic carbocycles. The van der Waals surface area contributed by atoms with E-state index in [0.29, 0.717) is 12.5 Å². The Hall–Kier alpha value is -3.16. The van der Waals surface area contributed by atoms with Crippen molar-refractivity contribution in [2.45, 2.75) is 58.0 Å². The number of rotatable bonds is 8. The van der Waals surface area contributed by atoms with Crippen molar-refractivity contribution in [3.05, 3.63) is 41.6 Å². The van der Waals surface area contributed by atoms with Crippen LogP contribution in [0.5, 0.6) is 0 Å². The lowest BCUT2D eigenvalue weighted by Gasteiger charge is -2.28. The summed E-state index contributed by atoms with van der Waals surface area (Å²) < 4.78 is 0. The first-order valence-electron chi connectivity index (χ1n) is 11.8. The molecule has 2 aromatic rings. The molecule has 2 saturated carbocycles. The van der Waals surface area contributed by atoms with E-state index in [4.69, 9.17) is 0 Å². The fourth-order valence-electron chi connectivity index (χ4n) is 4.32. The van der Waals surface area contributed by atoms with Crippen LogP contribution in [-0.2, 0) is 16.1 Å². The normalized spacial score (nSPS) is 20.1. The van der Waals surface area contributed by atoms with Gasteiger partial charge in [-0.1, -0.05) is 12.1 Å². The zero-order chi connectivity index (χ0) is 23.4. The van der Waals surface area contributed by atoms with Crippen molar-refractivity contribution >= 4 is 29.3 Å². The van der Waals surface area contributed by atoms with Gasteiger partial charge in [-0.2, -0.15) is 4.98 Å². The fourth-order valence-corrected chi connectivity index (χ4v) is 4.32. The number of hydrogen-bond donors (Lipinski definition) is 3. The molecule has 1 heterocycles. The molecule has 0 spiro atoms. The highest BCUT2D eigenvalue weighted by Gasteiger charge is 2.29. The highest BCUT2D eigenvalue weighted by Crippen LogP contribution is 2.30. The highest BCUT2D eigenvalue weighted by atomic mass is 16.2. The Morgan fingerprint density at radius 3 is 2.42 bits per heavy atom. The van der Waals surface area contributed by atoms with E-state index in [1.54, 1.807) is 0 Å². The Kier molecular flexibility index (Phi) is 7.11. The van der Waals surface area contributed by atoms with Crippen LogP contribution in [0.25, 0.3) is 0 Å². The fraction of sp³-hybridized carbons (Fsp3) is 0.520. The standard InChI is InChI=1S/C25H34N6O2/c1-16-14-27-25(30-22(16)31(2)3)29-20-11-9-18(10-12-20)23(32)26-15-17-5-4-6-21(13-17)28-24(33)19-7-8-19/h4-6,13-14,18-20H,7-12,15H2,1-3H3,(H,26,32)(H,28,33)(H,27,29,30)/t18-,20+. The third-order valence-corrected chi connectivity index (χ3v) is 6.41. The van der Waals surface area contributed by atoms with Crippen molar-refractivity contribution in [2.24, 2.45) is 11.8 Å². The van der Waals surface area contributed by atoms with Crippen LogP contribution in [0.3, 0.4) is 0 Å². The lowest BCUT2D eigenvalue weighted by atomic mass is 9.85. The van der Waals surface area contributed by atoms with Gasteiger partial charge in [0.2, 0.25) is 17.8 Å². The second kappa shape index (κ2) is 10.2. The topological polar surface area (TPSA) is 99.2 Å². The molecule has 0 unspecified atom stereocenters. The number of carbonyl (C=O) groups excluding carboxylic acids is 2. The first-order valence-corrected chi connectivity index (χ1v) is 11.8. The summed E-state index contributed by atoms with van der Waals surface area (Å²) in [7, 11) is 3.95. The molecule has 0 radical (unpaired) electrons. The summed E-state index contributed by atoms with van der Waals surface area (Å²) in [5.74, 6) is 1.95. The van der Waals surface area contributed by atoms with Gasteiger partial charge < -0.3 is 20.9 Å². The maximum atomic E-state index is 12.7. The molecule has 0 saturated heterocycles. The molecule has 4 rings (SSSR count). The van der Waals surface area contributed by atoms with Crippen molar-refractivity contribution in [3.63, 3.8) is 0 Å². The average molecular weight is 451 g/mol. The van der Waals surface area contributed by atoms with E-state index in [0.717, 1.165) is 61.2 Å². The molecular formula is C25H34N6O2. The largest absolute Gasteiger partial charge is 0.362 e. The van der Waals surface area contributed by atoms with Gasteiger partial charge in [-0.05, 0) is 63.1 Å². The Morgan fingerprint density at radius 2 is 1.73 bits per heavy atom. The second-order valence-electron chi connectivity index (χ2n) is 9.47. The molecule has 1 aromatic carbocycles. The molecule has 176 valence electrons. The van der Waals surface area contributed by atoms with E-state index in [2.05, 4.69) is 25.9 Å². The molecule has 2 aliphatic rings. The van der Waals surface area contributed by atoms with Gasteiger partial charge in [0, 0.05) is 56.0 Å². The minimum absolute atomic E-state index is 0.0251. The molecule has 0 aliphatic heterocycles. The van der Waals surface area contributed by atoms with Crippen LogP contribution in [0.4, 0.5) is 17.5 Å². The maximum Gasteiger partial charge on any atom is 0.227 e. The molecule has 2 fully saturated rings. The van der Waals surface area contributed by atoms with E-state index in [1.807, 2.05) is 56.4 Å². The minimum atomic E-state index is 0.0251. The van der Waals surface area contributed by atoms with Crippen molar-refractivity contribution in [3.8, 4) is 0 Å². The zero-order valence-electron chi connectivity index (χ0n) is 19.7. The summed E-state index contributed by atoms with van der Waals surface area (Å²) in [6.45, 7) is 2.47. The quantitative estimate of drug-likeness (QED) is 0.569. The van der Waals surface area contributed by atoms with Gasteiger partial charge in [-0.15, -0.1) is 0 Å². The van der Waals surface area contributed by atoms with Gasteiger partial charge in [0.15, 0.2) is 0 Å². The van der Waals surface area contributed by atoms with Crippen molar-refractivity contribution in [2.75, 3.05) is 29.6 Å². The number of carbonyl (C=O) groups is 2. The summed E-state index contributed by atoms with van der Waals surface area (Å²) >= 11 is 0. The van der Waals surface area contributed by atoms with Crippen LogP contribution in [0.2, 0.25) is 0 Å². The van der Waals surface area contributed by atoms with Crippen LogP contribution in [0.1, 0.15) is 49.7 Å². The summed E-state index contributed by atoms with van der Waals surface area (Å²) in [4.78, 5) is 35.7. The number of anilines is 3. The van der Waals surface area contributed by atoms with Gasteiger partial charge in [-0.25, -0.2) is 4.98 Å². The Bertz CT molecular complexity index is 996. The van der Waals surface area contributed by atoms with Crippen LogP contribution in [0.15, 0.2) is 30.5 Å². The molecule has 8 nitrogen and oxygen atoms in total. The SMILES string of the molecule is Cc1cnc(N[C@H]2CC[C@@H](C(=O)NCc3cccc(NC(=O)C4CC4)c3)CC2)nc1N(C)C. The van der Waals surface area contributed by atoms with Gasteiger partial charge in [0.25, 0.3) is 0 Å². The highest BCUT2D eigenvalue weighted by molar-refractivity contribution is 5.94. The maximum absolute atomic E-state index is 12.7. The predicted octanol–water partition coefficient (Wildman–Crippen LogP) is 3.49. The third kappa shape index (κ3) is 6.21. The Morgan fingerprint density at radius 1 is 1.03 bits per heavy atom. The van der Waals surface area contributed by atoms with Gasteiger partial charge in [0.1, 0.15) is 5.82 Å². The molecule has 0 bridgehead atoms. The monoisotopic (exact) mass is 450 g/mol. The lowest BCUT2D eigenvalue weighted by Crippen LogP contribution is -2.36. The average Bonchev–Trinajstić information content (AvgIpc) is 3.65. The number of amides is 2. The van der Waals surface area contributed by atoms with Crippen LogP contribution in [0, 0.1) is 18.8 Å². The predicted molar refractivity (Wildman–Crippen MR) is 130 cm³/mol. The third-order valence-electron chi connectivity index (χ3n) is 6.41. The number of hydrogen-bond acceptors (Lipinski definition) is 6. The van der Waals surface area contributed by atoms with Crippen LogP contribution < -0.4 is 20.9 Å². The summed E-state index contributed by atoms with van der Waals surface area (Å²) in [6, 6.07) is 7.98. The molecule has 1 aromatic heterocycles. The second-order valence-corrected chi connectivity index (χ2v) is 9.47.